The van der Waals surface area contributed by atoms with Crippen molar-refractivity contribution in [2.75, 3.05) is 6.54 Å². The number of hydrogen-bond donors (Lipinski definition) is 3. The van der Waals surface area contributed by atoms with E-state index < -0.39 is 24.0 Å². The van der Waals surface area contributed by atoms with Gasteiger partial charge in [-0.3, -0.25) is 14.4 Å². The van der Waals surface area contributed by atoms with Crippen LogP contribution in [0, 0.1) is 11.8 Å². The number of carboxylic acids is 1. The normalized spacial score (nSPS) is 12.5. The molecule has 0 fully saturated rings. The first-order valence-electron chi connectivity index (χ1n) is 20.6. The second kappa shape index (κ2) is 30.7. The molecular weight excluding hydrogens is 640 g/mol. The van der Waals surface area contributed by atoms with Crippen molar-refractivity contribution in [3.05, 3.63) is 35.9 Å². The highest BCUT2D eigenvalue weighted by Crippen LogP contribution is 2.17. The predicted molar refractivity (Wildman–Crippen MR) is 208 cm³/mol. The summed E-state index contributed by atoms with van der Waals surface area (Å²) >= 11 is 0. The Hall–Kier alpha value is -2.90. The monoisotopic (exact) mass is 715 g/mol. The molecule has 0 saturated carbocycles. The number of carbonyl (C=O) groups excluding carboxylic acids is 3. The van der Waals surface area contributed by atoms with Crippen molar-refractivity contribution in [2.24, 2.45) is 11.8 Å². The van der Waals surface area contributed by atoms with Gasteiger partial charge in [0.1, 0.15) is 12.1 Å². The summed E-state index contributed by atoms with van der Waals surface area (Å²) in [4.78, 5) is 49.9. The molecule has 1 unspecified atom stereocenters. The molecule has 1 aromatic carbocycles. The van der Waals surface area contributed by atoms with Gasteiger partial charge in [0.15, 0.2) is 0 Å². The fraction of sp³-hybridized carbons (Fsp3) is 0.767. The molecule has 0 aliphatic rings. The molecule has 0 heterocycles. The quantitative estimate of drug-likeness (QED) is 0.0492. The minimum Gasteiger partial charge on any atom is -0.480 e. The molecule has 2 atom stereocenters. The van der Waals surface area contributed by atoms with Gasteiger partial charge in [-0.2, -0.15) is 0 Å². The molecule has 0 aromatic heterocycles. The molecule has 51 heavy (non-hydrogen) atoms. The van der Waals surface area contributed by atoms with Crippen LogP contribution in [0.2, 0.25) is 0 Å². The molecule has 8 heteroatoms. The van der Waals surface area contributed by atoms with E-state index in [2.05, 4.69) is 38.3 Å². The molecule has 3 N–H and O–H groups in total. The summed E-state index contributed by atoms with van der Waals surface area (Å²) in [5.41, 5.74) is 0.791. The Balaban J connectivity index is 2.44. The third kappa shape index (κ3) is 28.4. The van der Waals surface area contributed by atoms with Gasteiger partial charge in [0.05, 0.1) is 13.0 Å². The lowest BCUT2D eigenvalue weighted by Gasteiger charge is -2.18. The SMILES string of the molecule is CC(C)CCCCCCCCCCCC(=O)OC(CCCCCCCCCCCC(C)C)CC(=O)NCC(=O)N[C@@H](Cc1ccccc1)C(=O)O. The number of aliphatic carboxylic acids is 1. The van der Waals surface area contributed by atoms with Crippen LogP contribution in [0.1, 0.15) is 181 Å². The van der Waals surface area contributed by atoms with Crippen LogP contribution in [-0.4, -0.2) is 47.6 Å². The highest BCUT2D eigenvalue weighted by molar-refractivity contribution is 5.88. The lowest BCUT2D eigenvalue weighted by atomic mass is 10.0. The van der Waals surface area contributed by atoms with Gasteiger partial charge in [0.2, 0.25) is 11.8 Å². The smallest absolute Gasteiger partial charge is 0.326 e. The van der Waals surface area contributed by atoms with Gasteiger partial charge in [-0.15, -0.1) is 0 Å². The lowest BCUT2D eigenvalue weighted by molar-refractivity contribution is -0.151. The van der Waals surface area contributed by atoms with Crippen LogP contribution in [0.15, 0.2) is 30.3 Å². The molecule has 1 aromatic rings. The van der Waals surface area contributed by atoms with Crippen molar-refractivity contribution in [2.45, 2.75) is 194 Å². The fourth-order valence-corrected chi connectivity index (χ4v) is 6.42. The number of benzene rings is 1. The zero-order chi connectivity index (χ0) is 37.5. The summed E-state index contributed by atoms with van der Waals surface area (Å²) in [6.07, 6.45) is 24.5. The maximum atomic E-state index is 12.8. The average molecular weight is 715 g/mol. The van der Waals surface area contributed by atoms with Crippen molar-refractivity contribution in [3.8, 4) is 0 Å². The first kappa shape index (κ1) is 46.1. The molecule has 2 amide bonds. The Morgan fingerprint density at radius 2 is 1.06 bits per heavy atom. The van der Waals surface area contributed by atoms with Crippen LogP contribution in [0.3, 0.4) is 0 Å². The minimum atomic E-state index is -1.14. The molecule has 292 valence electrons. The largest absolute Gasteiger partial charge is 0.480 e. The lowest BCUT2D eigenvalue weighted by Crippen LogP contribution is -2.46. The van der Waals surface area contributed by atoms with E-state index in [1.807, 2.05) is 18.2 Å². The summed E-state index contributed by atoms with van der Waals surface area (Å²) in [5.74, 6) is -0.791. The Bertz CT molecular complexity index is 1040. The van der Waals surface area contributed by atoms with Crippen LogP contribution < -0.4 is 10.6 Å². The summed E-state index contributed by atoms with van der Waals surface area (Å²) in [7, 11) is 0. The number of ether oxygens (including phenoxy) is 1. The van der Waals surface area contributed by atoms with E-state index in [4.69, 9.17) is 4.74 Å². The highest BCUT2D eigenvalue weighted by atomic mass is 16.5. The van der Waals surface area contributed by atoms with Crippen molar-refractivity contribution >= 4 is 23.8 Å². The highest BCUT2D eigenvalue weighted by Gasteiger charge is 2.22. The number of hydrogen-bond acceptors (Lipinski definition) is 5. The number of rotatable bonds is 33. The molecule has 0 bridgehead atoms. The standard InChI is InChI=1S/C43H74N2O6/c1-35(2)26-20-15-11-7-5-9-13-17-24-30-38(51-42(48)31-25-18-14-10-6-8-12-16-21-27-36(3)4)33-40(46)44-34-41(47)45-39(43(49)50)32-37-28-22-19-23-29-37/h19,22-23,28-29,35-36,38-39H,5-18,20-21,24-27,30-34H2,1-4H3,(H,44,46)(H,45,47)(H,49,50)/t38?,39-/m0/s1. The minimum absolute atomic E-state index is 0.0149. The third-order valence-electron chi connectivity index (χ3n) is 9.54. The number of nitrogens with one attached hydrogen (secondary N) is 2. The number of carboxylic acid groups (broad SMARTS) is 1. The van der Waals surface area contributed by atoms with Gasteiger partial charge in [0, 0.05) is 12.8 Å². The van der Waals surface area contributed by atoms with Crippen LogP contribution in [0.25, 0.3) is 0 Å². The maximum Gasteiger partial charge on any atom is 0.326 e. The molecule has 8 nitrogen and oxygen atoms in total. The van der Waals surface area contributed by atoms with Crippen molar-refractivity contribution in [1.82, 2.24) is 10.6 Å². The van der Waals surface area contributed by atoms with Gasteiger partial charge >= 0.3 is 11.9 Å². The summed E-state index contributed by atoms with van der Waals surface area (Å²) < 4.78 is 5.81. The number of esters is 1. The summed E-state index contributed by atoms with van der Waals surface area (Å²) in [6.45, 7) is 8.79. The van der Waals surface area contributed by atoms with E-state index in [0.717, 1.165) is 55.9 Å². The van der Waals surface area contributed by atoms with Crippen molar-refractivity contribution in [1.29, 1.82) is 0 Å². The average Bonchev–Trinajstić information content (AvgIpc) is 3.08. The maximum absolute atomic E-state index is 12.8. The predicted octanol–water partition coefficient (Wildman–Crippen LogP) is 10.1. The molecule has 0 spiro atoms. The Kier molecular flexibility index (Phi) is 27.8. The number of carbonyl (C=O) groups is 4. The molecule has 0 saturated heterocycles. The van der Waals surface area contributed by atoms with Gasteiger partial charge in [-0.05, 0) is 36.7 Å². The van der Waals surface area contributed by atoms with E-state index in [1.165, 1.54) is 89.9 Å². The van der Waals surface area contributed by atoms with Crippen molar-refractivity contribution < 1.29 is 29.0 Å². The summed E-state index contributed by atoms with van der Waals surface area (Å²) in [5, 5.41) is 14.7. The van der Waals surface area contributed by atoms with E-state index in [-0.39, 0.29) is 31.3 Å². The van der Waals surface area contributed by atoms with E-state index in [0.29, 0.717) is 12.8 Å². The number of amides is 2. The van der Waals surface area contributed by atoms with E-state index in [1.54, 1.807) is 12.1 Å². The van der Waals surface area contributed by atoms with Crippen LogP contribution in [0.4, 0.5) is 0 Å². The van der Waals surface area contributed by atoms with Gasteiger partial charge in [-0.1, -0.05) is 174 Å². The van der Waals surface area contributed by atoms with E-state index in [9.17, 15) is 24.3 Å². The second-order valence-corrected chi connectivity index (χ2v) is 15.5. The first-order chi connectivity index (χ1) is 24.6. The fourth-order valence-electron chi connectivity index (χ4n) is 6.42. The summed E-state index contributed by atoms with van der Waals surface area (Å²) in [6, 6.07) is 7.98. The van der Waals surface area contributed by atoms with Gasteiger partial charge < -0.3 is 20.5 Å². The molecule has 0 radical (unpaired) electrons. The first-order valence-corrected chi connectivity index (χ1v) is 20.6. The molecular formula is C43H74N2O6. The topological polar surface area (TPSA) is 122 Å². The second-order valence-electron chi connectivity index (χ2n) is 15.5. The molecule has 0 aliphatic heterocycles. The molecule has 0 aliphatic carbocycles. The van der Waals surface area contributed by atoms with Crippen LogP contribution in [0.5, 0.6) is 0 Å². The number of unbranched alkanes of at least 4 members (excludes halogenated alkanes) is 16. The Morgan fingerprint density at radius 1 is 0.608 bits per heavy atom. The third-order valence-corrected chi connectivity index (χ3v) is 9.54. The Morgan fingerprint density at radius 3 is 1.53 bits per heavy atom. The van der Waals surface area contributed by atoms with Crippen LogP contribution in [-0.2, 0) is 30.3 Å². The van der Waals surface area contributed by atoms with Gasteiger partial charge in [0.25, 0.3) is 0 Å². The van der Waals surface area contributed by atoms with Gasteiger partial charge in [-0.25, -0.2) is 4.79 Å². The molecule has 1 rings (SSSR count). The van der Waals surface area contributed by atoms with E-state index >= 15 is 0 Å². The van der Waals surface area contributed by atoms with Crippen molar-refractivity contribution in [3.63, 3.8) is 0 Å². The zero-order valence-electron chi connectivity index (χ0n) is 32.9. The zero-order valence-corrected chi connectivity index (χ0v) is 32.9. The van der Waals surface area contributed by atoms with Crippen LogP contribution >= 0.6 is 0 Å². The Labute approximate surface area is 311 Å².